The first-order chi connectivity index (χ1) is 12.1. The molecule has 0 amide bonds. The first-order valence-electron chi connectivity index (χ1n) is 7.54. The monoisotopic (exact) mass is 340 g/mol. The molecule has 0 saturated carbocycles. The fourth-order valence-corrected chi connectivity index (χ4v) is 2.69. The van der Waals surface area contributed by atoms with Gasteiger partial charge in [-0.2, -0.15) is 0 Å². The zero-order valence-electron chi connectivity index (χ0n) is 13.8. The molecule has 7 nitrogen and oxygen atoms in total. The molecule has 0 atom stereocenters. The van der Waals surface area contributed by atoms with Crippen LogP contribution in [0.5, 0.6) is 5.75 Å². The van der Waals surface area contributed by atoms with Crippen LogP contribution in [-0.4, -0.2) is 24.9 Å². The Labute approximate surface area is 143 Å². The number of hydrogen-bond acceptors (Lipinski definition) is 5. The number of nitrogens with zero attached hydrogens (tertiary/aromatic N) is 2. The molecule has 1 heterocycles. The summed E-state index contributed by atoms with van der Waals surface area (Å²) >= 11 is 0. The lowest BCUT2D eigenvalue weighted by Gasteiger charge is -2.19. The fourth-order valence-electron chi connectivity index (χ4n) is 2.69. The largest absolute Gasteiger partial charge is 0.805 e. The highest BCUT2D eigenvalue weighted by atomic mass is 16.5. The van der Waals surface area contributed by atoms with E-state index in [-0.39, 0.29) is 28.8 Å². The van der Waals surface area contributed by atoms with Crippen LogP contribution in [0.15, 0.2) is 48.5 Å². The molecule has 0 N–H and O–H groups in total. The van der Waals surface area contributed by atoms with Gasteiger partial charge in [-0.05, 0) is 17.7 Å². The molecule has 25 heavy (non-hydrogen) atoms. The van der Waals surface area contributed by atoms with Crippen molar-refractivity contribution in [2.75, 3.05) is 14.2 Å². The lowest BCUT2D eigenvalue weighted by atomic mass is 10.1. The summed E-state index contributed by atoms with van der Waals surface area (Å²) in [5.41, 5.74) is 0.680. The molecule has 0 aliphatic heterocycles. The highest BCUT2D eigenvalue weighted by molar-refractivity contribution is 5.89. The summed E-state index contributed by atoms with van der Waals surface area (Å²) in [4.78, 5) is 24.9. The van der Waals surface area contributed by atoms with Crippen molar-refractivity contribution in [2.45, 2.75) is 6.42 Å². The van der Waals surface area contributed by atoms with Crippen LogP contribution in [0.25, 0.3) is 11.0 Å². The van der Waals surface area contributed by atoms with Crippen LogP contribution in [0.4, 0.5) is 0 Å². The number of hydrogen-bond donors (Lipinski definition) is 0. The molecule has 7 heteroatoms. The van der Waals surface area contributed by atoms with Crippen molar-refractivity contribution in [3.8, 4) is 5.75 Å². The molecule has 0 unspecified atom stereocenters. The molecule has 0 radical (unpaired) electrons. The number of carbonyl (C=O) groups is 1. The third-order valence-electron chi connectivity index (χ3n) is 3.93. The van der Waals surface area contributed by atoms with Crippen LogP contribution < -0.4 is 9.16 Å². The summed E-state index contributed by atoms with van der Waals surface area (Å²) in [7, 11) is 2.62. The molecule has 0 bridgehead atoms. The molecule has 3 rings (SSSR count). The Kier molecular flexibility index (Phi) is 4.38. The van der Waals surface area contributed by atoms with E-state index in [2.05, 4.69) is 0 Å². The van der Waals surface area contributed by atoms with Gasteiger partial charge in [0, 0.05) is 11.3 Å². The smallest absolute Gasteiger partial charge is 0.410 e. The van der Waals surface area contributed by atoms with Gasteiger partial charge in [-0.3, -0.25) is 0 Å². The predicted molar refractivity (Wildman–Crippen MR) is 91.2 cm³/mol. The maximum Gasteiger partial charge on any atom is 0.410 e. The van der Waals surface area contributed by atoms with Gasteiger partial charge >= 0.3 is 11.7 Å². The number of methoxy groups -OCH3 is 2. The van der Waals surface area contributed by atoms with E-state index in [1.54, 1.807) is 6.07 Å². The highest BCUT2D eigenvalue weighted by Crippen LogP contribution is 2.22. The number of benzene rings is 2. The molecular formula is C18H16N2O5. The number of ether oxygens (including phenoxy) is 2. The first-order valence-corrected chi connectivity index (χ1v) is 7.54. The Balaban J connectivity index is 2.32. The molecule has 0 aliphatic carbocycles. The third-order valence-corrected chi connectivity index (χ3v) is 3.93. The summed E-state index contributed by atoms with van der Waals surface area (Å²) in [6.45, 7) is 0. The number of fused-ring (bicyclic) bond motifs is 1. The minimum Gasteiger partial charge on any atom is -0.805 e. The summed E-state index contributed by atoms with van der Waals surface area (Å²) in [5.74, 6) is -0.459. The van der Waals surface area contributed by atoms with Gasteiger partial charge in [0.2, 0.25) is 0 Å². The van der Waals surface area contributed by atoms with Crippen LogP contribution in [0.3, 0.4) is 0 Å². The van der Waals surface area contributed by atoms with Crippen molar-refractivity contribution >= 4 is 17.0 Å². The molecule has 0 aliphatic rings. The number of esters is 1. The van der Waals surface area contributed by atoms with E-state index in [0.717, 1.165) is 5.56 Å². The molecular weight excluding hydrogens is 324 g/mol. The Morgan fingerprint density at radius 2 is 1.88 bits per heavy atom. The Morgan fingerprint density at radius 1 is 1.16 bits per heavy atom. The number of carbonyl (C=O) groups excluding carboxylic acids is 1. The Hall–Kier alpha value is -3.35. The average molecular weight is 340 g/mol. The van der Waals surface area contributed by atoms with Crippen molar-refractivity contribution in [3.63, 3.8) is 0 Å². The number of rotatable bonds is 4. The van der Waals surface area contributed by atoms with Crippen molar-refractivity contribution in [2.24, 2.45) is 0 Å². The zero-order chi connectivity index (χ0) is 18.0. The van der Waals surface area contributed by atoms with Crippen LogP contribution in [0.1, 0.15) is 21.7 Å². The normalized spacial score (nSPS) is 10.6. The minimum atomic E-state index is -0.866. The van der Waals surface area contributed by atoms with Gasteiger partial charge in [0.05, 0.1) is 24.7 Å². The van der Waals surface area contributed by atoms with Crippen molar-refractivity contribution in [3.05, 3.63) is 75.6 Å². The van der Waals surface area contributed by atoms with Crippen LogP contribution in [0.2, 0.25) is 0 Å². The van der Waals surface area contributed by atoms with Gasteiger partial charge in [-0.1, -0.05) is 30.3 Å². The van der Waals surface area contributed by atoms with Crippen molar-refractivity contribution < 1.29 is 18.7 Å². The molecule has 3 aromatic rings. The summed E-state index contributed by atoms with van der Waals surface area (Å²) in [5, 5.41) is 12.8. The van der Waals surface area contributed by atoms with Gasteiger partial charge in [-0.25, -0.2) is 4.79 Å². The lowest BCUT2D eigenvalue weighted by Crippen LogP contribution is -2.32. The van der Waals surface area contributed by atoms with Gasteiger partial charge in [0.25, 0.3) is 5.52 Å². The second-order valence-corrected chi connectivity index (χ2v) is 5.39. The highest BCUT2D eigenvalue weighted by Gasteiger charge is 2.30. The Bertz CT molecular complexity index is 996. The summed E-state index contributed by atoms with van der Waals surface area (Å²) < 4.78 is 10.8. The molecule has 2 aromatic carbocycles. The minimum absolute atomic E-state index is 0.0331. The molecule has 0 fully saturated rings. The van der Waals surface area contributed by atoms with Gasteiger partial charge in [-0.15, -0.1) is 0 Å². The van der Waals surface area contributed by atoms with E-state index in [9.17, 15) is 14.9 Å². The van der Waals surface area contributed by atoms with Crippen LogP contribution in [-0.2, 0) is 11.2 Å². The van der Waals surface area contributed by atoms with Gasteiger partial charge in [0.1, 0.15) is 17.0 Å². The van der Waals surface area contributed by atoms with Gasteiger partial charge < -0.3 is 19.4 Å². The molecule has 1 aromatic heterocycles. The van der Waals surface area contributed by atoms with E-state index in [1.165, 1.54) is 26.4 Å². The van der Waals surface area contributed by atoms with Crippen LogP contribution >= 0.6 is 0 Å². The van der Waals surface area contributed by atoms with E-state index in [4.69, 9.17) is 9.47 Å². The first kappa shape index (κ1) is 16.5. The van der Waals surface area contributed by atoms with E-state index in [0.29, 0.717) is 14.9 Å². The van der Waals surface area contributed by atoms with E-state index in [1.807, 2.05) is 30.3 Å². The topological polar surface area (TPSA) is 86.5 Å². The maximum atomic E-state index is 12.8. The summed E-state index contributed by atoms with van der Waals surface area (Å²) in [6.07, 6.45) is 0.124. The maximum absolute atomic E-state index is 12.8. The van der Waals surface area contributed by atoms with Crippen molar-refractivity contribution in [1.29, 1.82) is 0 Å². The predicted octanol–water partition coefficient (Wildman–Crippen LogP) is 2.29. The van der Waals surface area contributed by atoms with Crippen LogP contribution in [0, 0.1) is 10.1 Å². The average Bonchev–Trinajstić information content (AvgIpc) is 2.66. The van der Waals surface area contributed by atoms with Crippen molar-refractivity contribution in [1.82, 2.24) is 4.73 Å². The standard InChI is InChI=1S/C18H16N2O5/c1-24-13-8-9-14-15(11-13)20(23)17(18(21)25-2)16(19(14)22)10-12-6-4-3-5-7-12/h3-9,11H,10H2,1-2H3. The zero-order valence-corrected chi connectivity index (χ0v) is 13.8. The summed E-state index contributed by atoms with van der Waals surface area (Å²) in [6, 6.07) is 13.6. The van der Waals surface area contributed by atoms with E-state index >= 15 is 0 Å². The quantitative estimate of drug-likeness (QED) is 0.537. The number of aromatic nitrogens is 2. The second-order valence-electron chi connectivity index (χ2n) is 5.39. The molecule has 0 spiro atoms. The van der Waals surface area contributed by atoms with Gasteiger partial charge in [0.15, 0.2) is 0 Å². The Morgan fingerprint density at radius 3 is 2.52 bits per heavy atom. The second kappa shape index (κ2) is 6.64. The SMILES string of the molecule is COC(=O)c1c(Cc2ccccc2)n([O-])c2ccc(OC)cc2[n+]1=O. The molecule has 128 valence electrons. The third kappa shape index (κ3) is 2.91. The van der Waals surface area contributed by atoms with E-state index < -0.39 is 5.97 Å². The lowest BCUT2D eigenvalue weighted by molar-refractivity contribution is -0.469. The molecule has 0 saturated heterocycles. The fraction of sp³-hybridized carbons (Fsp3) is 0.167.